The number of allylic oxidation sites excluding steroid dienone is 4. The van der Waals surface area contributed by atoms with Gasteiger partial charge >= 0.3 is 21.1 Å². The molecule has 2 aromatic carbocycles. The number of fused-ring (bicyclic) bond motifs is 1. The molecule has 0 saturated heterocycles. The van der Waals surface area contributed by atoms with Gasteiger partial charge in [-0.1, -0.05) is 48.2 Å². The smallest absolute Gasteiger partial charge is 0.358 e. The molecule has 0 bridgehead atoms. The van der Waals surface area contributed by atoms with Crippen LogP contribution in [-0.4, -0.2) is 0 Å². The van der Waals surface area contributed by atoms with Crippen molar-refractivity contribution in [1.29, 1.82) is 0 Å². The van der Waals surface area contributed by atoms with Gasteiger partial charge in [-0.05, 0) is 5.39 Å². The summed E-state index contributed by atoms with van der Waals surface area (Å²) >= 11 is 0. The van der Waals surface area contributed by atoms with Gasteiger partial charge in [0, 0.05) is 0 Å². The molecule has 102 valence electrons. The van der Waals surface area contributed by atoms with Gasteiger partial charge in [0.1, 0.15) is 0 Å². The third-order valence-corrected chi connectivity index (χ3v) is 2.77. The molecule has 0 aromatic heterocycles. The molecule has 1 aliphatic rings. The van der Waals surface area contributed by atoms with Crippen molar-refractivity contribution < 1.29 is 21.1 Å². The molecule has 0 nitrogen and oxygen atoms in total. The van der Waals surface area contributed by atoms with Crippen molar-refractivity contribution in [1.82, 2.24) is 0 Å². The summed E-state index contributed by atoms with van der Waals surface area (Å²) in [5.74, 6) is 0. The van der Waals surface area contributed by atoms with E-state index in [1.807, 2.05) is 0 Å². The van der Waals surface area contributed by atoms with Crippen LogP contribution in [0.4, 0.5) is 0 Å². The van der Waals surface area contributed by atoms with E-state index in [0.29, 0.717) is 0 Å². The Balaban J connectivity index is 0. The number of hydrogen-bond donors (Lipinski definition) is 0. The van der Waals surface area contributed by atoms with Gasteiger partial charge in [-0.3, -0.25) is 0 Å². The second-order valence-electron chi connectivity index (χ2n) is 3.72. The van der Waals surface area contributed by atoms with Gasteiger partial charge in [0.05, 0.1) is 0 Å². The van der Waals surface area contributed by atoms with Crippen LogP contribution in [0.5, 0.6) is 0 Å². The summed E-state index contributed by atoms with van der Waals surface area (Å²) in [6.45, 7) is 0. The maximum atomic E-state index is 3.37. The van der Waals surface area contributed by atoms with Gasteiger partial charge in [0.25, 0.3) is 0 Å². The van der Waals surface area contributed by atoms with Crippen LogP contribution < -0.4 is 0 Å². The van der Waals surface area contributed by atoms with Crippen LogP contribution in [0.1, 0.15) is 12.0 Å². The molecule has 0 radical (unpaired) electrons. The Morgan fingerprint density at radius 3 is 2.21 bits per heavy atom. The average molecular weight is 431 g/mol. The third kappa shape index (κ3) is 3.91. The summed E-state index contributed by atoms with van der Waals surface area (Å²) in [6, 6.07) is 14.9. The minimum atomic E-state index is 0. The van der Waals surface area contributed by atoms with Crippen molar-refractivity contribution in [2.45, 2.75) is 6.42 Å². The summed E-state index contributed by atoms with van der Waals surface area (Å²) in [4.78, 5) is 0. The summed E-state index contributed by atoms with van der Waals surface area (Å²) < 4.78 is 0. The van der Waals surface area contributed by atoms with Crippen LogP contribution in [0.2, 0.25) is 0 Å². The first-order valence-corrected chi connectivity index (χ1v) is 5.21. The fraction of sp³-hybridized carbons (Fsp3) is 0.0556. The van der Waals surface area contributed by atoms with Crippen molar-refractivity contribution in [3.63, 3.8) is 0 Å². The van der Waals surface area contributed by atoms with Gasteiger partial charge < -0.3 is 22.3 Å². The van der Waals surface area contributed by atoms with E-state index in [1.165, 1.54) is 21.9 Å². The van der Waals surface area contributed by atoms with E-state index in [9.17, 15) is 0 Å². The van der Waals surface area contributed by atoms with Crippen molar-refractivity contribution in [3.8, 4) is 0 Å². The Morgan fingerprint density at radius 1 is 0.842 bits per heavy atom. The maximum absolute atomic E-state index is 3.37. The van der Waals surface area contributed by atoms with Crippen molar-refractivity contribution >= 4 is 16.3 Å². The average Bonchev–Trinajstić information content (AvgIpc) is 2.82. The molecular weight excluding hydrogens is 411 g/mol. The molecular formula is C18H20Pt. The molecule has 0 saturated carbocycles. The normalized spacial score (nSPS) is 11.5. The monoisotopic (exact) mass is 431 g/mol. The molecule has 1 heteroatoms. The van der Waals surface area contributed by atoms with E-state index in [4.69, 9.17) is 0 Å². The van der Waals surface area contributed by atoms with Crippen LogP contribution in [0.25, 0.3) is 16.3 Å². The van der Waals surface area contributed by atoms with E-state index in [1.54, 1.807) is 0 Å². The quantitative estimate of drug-likeness (QED) is 0.535. The zero-order chi connectivity index (χ0) is 10.1. The van der Waals surface area contributed by atoms with Gasteiger partial charge in [-0.15, -0.1) is 17.7 Å². The van der Waals surface area contributed by atoms with Crippen molar-refractivity contribution in [2.75, 3.05) is 0 Å². The molecule has 19 heavy (non-hydrogen) atoms. The topological polar surface area (TPSA) is 0 Å². The van der Waals surface area contributed by atoms with Crippen molar-refractivity contribution in [3.05, 3.63) is 88.5 Å². The molecule has 3 rings (SSSR count). The van der Waals surface area contributed by atoms with Crippen LogP contribution in [0, 0.1) is 28.4 Å². The summed E-state index contributed by atoms with van der Waals surface area (Å²) in [7, 11) is 0. The SMILES string of the molecule is [C-]1=C(c2cccc3ccccc23)C=CC1.[CH3-].[CH3-].[CH3-].[Pt+4]. The zero-order valence-electron chi connectivity index (χ0n) is 11.7. The predicted molar refractivity (Wildman–Crippen MR) is 83.6 cm³/mol. The molecule has 1 aliphatic carbocycles. The fourth-order valence-electron chi connectivity index (χ4n) is 2.05. The van der Waals surface area contributed by atoms with Gasteiger partial charge in [0.2, 0.25) is 0 Å². The molecule has 0 amide bonds. The van der Waals surface area contributed by atoms with E-state index < -0.39 is 0 Å². The Kier molecular flexibility index (Phi) is 9.44. The first-order valence-electron chi connectivity index (χ1n) is 5.21. The third-order valence-electron chi connectivity index (χ3n) is 2.77. The van der Waals surface area contributed by atoms with Gasteiger partial charge in [-0.25, -0.2) is 0 Å². The van der Waals surface area contributed by atoms with E-state index in [2.05, 4.69) is 60.7 Å². The van der Waals surface area contributed by atoms with Crippen LogP contribution >= 0.6 is 0 Å². The summed E-state index contributed by atoms with van der Waals surface area (Å²) in [5, 5.41) is 2.61. The van der Waals surface area contributed by atoms with E-state index in [0.717, 1.165) is 6.42 Å². The predicted octanol–water partition coefficient (Wildman–Crippen LogP) is 5.33. The summed E-state index contributed by atoms with van der Waals surface area (Å²) in [6.07, 6.45) is 8.62. The standard InChI is InChI=1S/C15H11.3CH3.Pt/c1-2-7-12(6-1)15-11-5-9-13-8-3-4-10-14(13)15;;;;/h1,3-6,8-11H,2H2;3*1H3;/q4*-1;+4. The molecule has 2 aromatic rings. The minimum absolute atomic E-state index is 0. The molecule has 0 spiro atoms. The molecule has 0 atom stereocenters. The molecule has 0 heterocycles. The first kappa shape index (κ1) is 20.2. The second kappa shape index (κ2) is 8.88. The zero-order valence-corrected chi connectivity index (χ0v) is 14.0. The fourth-order valence-corrected chi connectivity index (χ4v) is 2.05. The Bertz CT molecular complexity index is 559. The number of rotatable bonds is 1. The Labute approximate surface area is 132 Å². The van der Waals surface area contributed by atoms with Crippen LogP contribution in [0.15, 0.2) is 54.6 Å². The Morgan fingerprint density at radius 2 is 1.53 bits per heavy atom. The molecule has 0 aliphatic heterocycles. The van der Waals surface area contributed by atoms with Crippen LogP contribution in [-0.2, 0) is 21.1 Å². The molecule has 0 fully saturated rings. The largest absolute Gasteiger partial charge is 4.00 e. The minimum Gasteiger partial charge on any atom is -0.358 e. The summed E-state index contributed by atoms with van der Waals surface area (Å²) in [5.41, 5.74) is 2.52. The molecule has 0 unspecified atom stereocenters. The second-order valence-corrected chi connectivity index (χ2v) is 3.72. The first-order chi connectivity index (χ1) is 7.45. The maximum Gasteiger partial charge on any atom is 4.00 e. The Hall–Kier alpha value is -1.13. The van der Waals surface area contributed by atoms with E-state index >= 15 is 0 Å². The number of hydrogen-bond acceptors (Lipinski definition) is 0. The van der Waals surface area contributed by atoms with Crippen molar-refractivity contribution in [2.24, 2.45) is 0 Å². The van der Waals surface area contributed by atoms with Gasteiger partial charge in [-0.2, -0.15) is 17.7 Å². The molecule has 0 N–H and O–H groups in total. The van der Waals surface area contributed by atoms with E-state index in [-0.39, 0.29) is 43.3 Å². The number of benzene rings is 2. The van der Waals surface area contributed by atoms with Crippen LogP contribution in [0.3, 0.4) is 0 Å². The van der Waals surface area contributed by atoms with Gasteiger partial charge in [0.15, 0.2) is 0 Å².